The Hall–Kier alpha value is -3.47. The topological polar surface area (TPSA) is 109 Å². The summed E-state index contributed by atoms with van der Waals surface area (Å²) < 4.78 is 33.7. The van der Waals surface area contributed by atoms with E-state index < -0.39 is 12.1 Å². The summed E-state index contributed by atoms with van der Waals surface area (Å²) in [6.45, 7) is 0.318. The smallest absolute Gasteiger partial charge is 0.475 e. The average molecular weight is 436 g/mol. The Morgan fingerprint density at radius 2 is 1.87 bits per heavy atom. The van der Waals surface area contributed by atoms with Crippen LogP contribution >= 0.6 is 0 Å². The van der Waals surface area contributed by atoms with Crippen LogP contribution in [0.2, 0.25) is 0 Å². The number of para-hydroxylation sites is 1. The van der Waals surface area contributed by atoms with Gasteiger partial charge in [-0.05, 0) is 12.1 Å². The van der Waals surface area contributed by atoms with Gasteiger partial charge in [0.15, 0.2) is 0 Å². The van der Waals surface area contributed by atoms with Crippen molar-refractivity contribution in [3.63, 3.8) is 0 Å². The number of aliphatic hydroxyl groups excluding tert-OH is 1. The number of carbonyl (C=O) groups excluding carboxylic acids is 1. The lowest BCUT2D eigenvalue weighted by atomic mass is 10.0. The van der Waals surface area contributed by atoms with Crippen LogP contribution < -0.4 is 0 Å². The number of aliphatic hydroxyl groups is 1. The second-order valence-corrected chi connectivity index (χ2v) is 6.91. The summed E-state index contributed by atoms with van der Waals surface area (Å²) in [5.74, 6) is -2.93. The Bertz CT molecular complexity index is 1110. The number of fused-ring (bicyclic) bond motifs is 2. The minimum absolute atomic E-state index is 0.0794. The van der Waals surface area contributed by atoms with Crippen molar-refractivity contribution in [1.29, 1.82) is 0 Å². The summed E-state index contributed by atoms with van der Waals surface area (Å²) in [5, 5.41) is 17.9. The molecule has 0 saturated heterocycles. The first-order valence-electron chi connectivity index (χ1n) is 9.18. The molecule has 0 spiro atoms. The Kier molecular flexibility index (Phi) is 6.25. The van der Waals surface area contributed by atoms with Gasteiger partial charge >= 0.3 is 12.1 Å². The number of aryl methyl sites for hydroxylation is 1. The molecule has 3 aromatic rings. The Balaban J connectivity index is 0.000000339. The molecule has 0 saturated carbocycles. The fourth-order valence-corrected chi connectivity index (χ4v) is 3.25. The molecule has 0 bridgehead atoms. The summed E-state index contributed by atoms with van der Waals surface area (Å²) >= 11 is 0. The number of imidazole rings is 1. The summed E-state index contributed by atoms with van der Waals surface area (Å²) in [7, 11) is 1.93. The molecule has 1 aromatic carbocycles. The van der Waals surface area contributed by atoms with Gasteiger partial charge in [-0.25, -0.2) is 14.8 Å². The molecule has 2 N–H and O–H groups in total. The molecule has 3 heterocycles. The van der Waals surface area contributed by atoms with Crippen LogP contribution in [-0.4, -0.2) is 60.3 Å². The van der Waals surface area contributed by atoms with Gasteiger partial charge in [-0.2, -0.15) is 13.2 Å². The number of pyridine rings is 1. The van der Waals surface area contributed by atoms with Crippen LogP contribution in [0.1, 0.15) is 21.9 Å². The maximum absolute atomic E-state index is 12.9. The molecule has 1 amide bonds. The number of aliphatic carboxylic acids is 1. The van der Waals surface area contributed by atoms with Crippen LogP contribution in [0.5, 0.6) is 0 Å². The van der Waals surface area contributed by atoms with Gasteiger partial charge in [-0.3, -0.25) is 4.79 Å². The fourth-order valence-electron chi connectivity index (χ4n) is 3.25. The highest BCUT2D eigenvalue weighted by Crippen LogP contribution is 2.24. The molecule has 4 rings (SSSR count). The lowest BCUT2D eigenvalue weighted by Crippen LogP contribution is -2.46. The normalized spacial score (nSPS) is 15.8. The van der Waals surface area contributed by atoms with E-state index >= 15 is 0 Å². The van der Waals surface area contributed by atoms with Crippen molar-refractivity contribution in [3.8, 4) is 0 Å². The third-order valence-corrected chi connectivity index (χ3v) is 4.87. The minimum Gasteiger partial charge on any atom is -0.475 e. The number of alkyl halides is 3. The molecular weight excluding hydrogens is 417 g/mol. The molecule has 1 aliphatic heterocycles. The molecule has 8 nitrogen and oxygen atoms in total. The van der Waals surface area contributed by atoms with Crippen LogP contribution in [0.15, 0.2) is 42.7 Å². The second-order valence-electron chi connectivity index (χ2n) is 6.91. The predicted octanol–water partition coefficient (Wildman–Crippen LogP) is 2.16. The number of carboxylic acids is 1. The standard InChI is InChI=1S/C18H18N4O2.C2HF3O2/c1-21-11-19-16-9-22(13(10-23)8-17(16)21)18(24)15-7-6-12-4-2-3-5-14(12)20-15;3-2(4,5)1(6)7/h2-7,11,13,23H,8-10H2,1H3;(H,6,7). The molecule has 11 heteroatoms. The monoisotopic (exact) mass is 436 g/mol. The van der Waals surface area contributed by atoms with Crippen molar-refractivity contribution < 1.29 is 33.0 Å². The van der Waals surface area contributed by atoms with Gasteiger partial charge in [0.2, 0.25) is 0 Å². The number of amides is 1. The van der Waals surface area contributed by atoms with E-state index in [9.17, 15) is 23.1 Å². The van der Waals surface area contributed by atoms with E-state index in [2.05, 4.69) is 9.97 Å². The largest absolute Gasteiger partial charge is 0.490 e. The van der Waals surface area contributed by atoms with Gasteiger partial charge in [-0.15, -0.1) is 0 Å². The third-order valence-electron chi connectivity index (χ3n) is 4.87. The van der Waals surface area contributed by atoms with Crippen LogP contribution in [0.4, 0.5) is 13.2 Å². The Morgan fingerprint density at radius 3 is 2.52 bits per heavy atom. The first-order chi connectivity index (χ1) is 14.6. The molecule has 1 atom stereocenters. The summed E-state index contributed by atoms with van der Waals surface area (Å²) in [5.41, 5.74) is 3.15. The molecule has 1 aliphatic rings. The number of nitrogens with zero attached hydrogens (tertiary/aromatic N) is 4. The van der Waals surface area contributed by atoms with Crippen LogP contribution in [0.3, 0.4) is 0 Å². The maximum atomic E-state index is 12.9. The summed E-state index contributed by atoms with van der Waals surface area (Å²) in [6.07, 6.45) is -2.73. The first-order valence-corrected chi connectivity index (χ1v) is 9.18. The van der Waals surface area contributed by atoms with E-state index in [0.29, 0.717) is 18.7 Å². The van der Waals surface area contributed by atoms with Crippen molar-refractivity contribution in [2.24, 2.45) is 7.05 Å². The van der Waals surface area contributed by atoms with E-state index in [0.717, 1.165) is 22.3 Å². The SMILES string of the molecule is Cn1cnc2c1CC(CO)N(C(=O)c1ccc3ccccc3n1)C2.O=C(O)C(F)(F)F. The van der Waals surface area contributed by atoms with Gasteiger partial charge in [0.25, 0.3) is 5.91 Å². The predicted molar refractivity (Wildman–Crippen MR) is 103 cm³/mol. The highest BCUT2D eigenvalue weighted by Gasteiger charge is 2.38. The van der Waals surface area contributed by atoms with E-state index in [1.54, 1.807) is 17.3 Å². The minimum atomic E-state index is -5.08. The van der Waals surface area contributed by atoms with E-state index in [-0.39, 0.29) is 18.6 Å². The van der Waals surface area contributed by atoms with Gasteiger partial charge in [0.1, 0.15) is 5.69 Å². The maximum Gasteiger partial charge on any atom is 0.490 e. The number of rotatable bonds is 2. The quantitative estimate of drug-likeness (QED) is 0.638. The highest BCUT2D eigenvalue weighted by molar-refractivity contribution is 5.95. The zero-order valence-corrected chi connectivity index (χ0v) is 16.4. The highest BCUT2D eigenvalue weighted by atomic mass is 19.4. The zero-order valence-electron chi connectivity index (χ0n) is 16.4. The molecule has 0 fully saturated rings. The molecule has 0 aliphatic carbocycles. The second kappa shape index (κ2) is 8.72. The number of hydrogen-bond donors (Lipinski definition) is 2. The van der Waals surface area contributed by atoms with Crippen LogP contribution in [0, 0.1) is 0 Å². The number of halogens is 3. The average Bonchev–Trinajstić information content (AvgIpc) is 3.11. The van der Waals surface area contributed by atoms with Gasteiger partial charge in [0, 0.05) is 24.5 Å². The Morgan fingerprint density at radius 1 is 1.19 bits per heavy atom. The van der Waals surface area contributed by atoms with Crippen molar-refractivity contribution in [2.45, 2.75) is 25.2 Å². The van der Waals surface area contributed by atoms with Gasteiger partial charge in [0.05, 0.1) is 36.7 Å². The fraction of sp³-hybridized carbons (Fsp3) is 0.300. The van der Waals surface area contributed by atoms with E-state index in [1.807, 2.05) is 41.9 Å². The Labute approximate surface area is 174 Å². The summed E-state index contributed by atoms with van der Waals surface area (Å²) in [6, 6.07) is 11.1. The number of carbonyl (C=O) groups is 2. The molecule has 31 heavy (non-hydrogen) atoms. The molecule has 2 aromatic heterocycles. The molecular formula is C20H19F3N4O4. The van der Waals surface area contributed by atoms with Crippen molar-refractivity contribution in [3.05, 3.63) is 59.8 Å². The first kappa shape index (κ1) is 22.2. The lowest BCUT2D eigenvalue weighted by molar-refractivity contribution is -0.192. The van der Waals surface area contributed by atoms with Crippen molar-refractivity contribution in [2.75, 3.05) is 6.61 Å². The third kappa shape index (κ3) is 4.82. The van der Waals surface area contributed by atoms with Gasteiger partial charge in [-0.1, -0.05) is 24.3 Å². The van der Waals surface area contributed by atoms with Crippen LogP contribution in [-0.2, 0) is 24.8 Å². The molecule has 1 unspecified atom stereocenters. The van der Waals surface area contributed by atoms with Gasteiger partial charge < -0.3 is 19.7 Å². The number of benzene rings is 1. The number of aromatic nitrogens is 3. The molecule has 164 valence electrons. The number of hydrogen-bond acceptors (Lipinski definition) is 5. The van der Waals surface area contributed by atoms with Crippen molar-refractivity contribution in [1.82, 2.24) is 19.4 Å². The molecule has 0 radical (unpaired) electrons. The van der Waals surface area contributed by atoms with Crippen LogP contribution in [0.25, 0.3) is 10.9 Å². The van der Waals surface area contributed by atoms with E-state index in [4.69, 9.17) is 9.90 Å². The summed E-state index contributed by atoms with van der Waals surface area (Å²) in [4.78, 5) is 32.4. The zero-order chi connectivity index (χ0) is 22.8. The number of carboxylic acid groups (broad SMARTS) is 1. The van der Waals surface area contributed by atoms with Crippen molar-refractivity contribution >= 4 is 22.8 Å². The van der Waals surface area contributed by atoms with E-state index in [1.165, 1.54) is 0 Å². The lowest BCUT2D eigenvalue weighted by Gasteiger charge is -2.34.